The molecule has 0 saturated carbocycles. The van der Waals surface area contributed by atoms with E-state index in [-0.39, 0.29) is 12.6 Å². The summed E-state index contributed by atoms with van der Waals surface area (Å²) in [5, 5.41) is 13.4. The Bertz CT molecular complexity index is 554. The summed E-state index contributed by atoms with van der Waals surface area (Å²) in [7, 11) is 0. The second kappa shape index (κ2) is 6.12. The lowest BCUT2D eigenvalue weighted by Crippen LogP contribution is -2.36. The smallest absolute Gasteiger partial charge is 0.410 e. The van der Waals surface area contributed by atoms with Crippen LogP contribution >= 0.6 is 0 Å². The maximum absolute atomic E-state index is 12.1. The normalized spacial score (nSPS) is 21.8. The topological polar surface area (TPSA) is 74.7 Å². The Morgan fingerprint density at radius 1 is 1.41 bits per heavy atom. The molecule has 1 saturated heterocycles. The van der Waals surface area contributed by atoms with Gasteiger partial charge in [-0.3, -0.25) is 0 Å². The molecule has 6 heteroatoms. The van der Waals surface area contributed by atoms with Crippen LogP contribution in [0.2, 0.25) is 0 Å². The molecule has 1 aromatic heterocycles. The first kappa shape index (κ1) is 16.5. The van der Waals surface area contributed by atoms with Crippen molar-refractivity contribution in [3.05, 3.63) is 23.4 Å². The maximum atomic E-state index is 12.1. The maximum Gasteiger partial charge on any atom is 0.410 e. The number of hydrogen-bond donors (Lipinski definition) is 2. The molecule has 0 aliphatic carbocycles. The SMILES string of the molecule is Cc1cnc(N[C@@H]2CN(C(=O)OC(C)(C)C)C[C@H]2O)c(C)c1. The minimum atomic E-state index is -0.643. The van der Waals surface area contributed by atoms with E-state index in [9.17, 15) is 9.90 Å². The lowest BCUT2D eigenvalue weighted by molar-refractivity contribution is 0.0270. The number of β-amino-alcohol motifs (C(OH)–C–C–N with tert-alkyl or cyclic N) is 1. The lowest BCUT2D eigenvalue weighted by atomic mass is 10.2. The van der Waals surface area contributed by atoms with Crippen LogP contribution in [-0.2, 0) is 4.74 Å². The van der Waals surface area contributed by atoms with E-state index < -0.39 is 17.8 Å². The molecule has 0 aromatic carbocycles. The van der Waals surface area contributed by atoms with Gasteiger partial charge in [-0.15, -0.1) is 0 Å². The van der Waals surface area contributed by atoms with E-state index in [1.54, 1.807) is 6.20 Å². The molecule has 0 unspecified atom stereocenters. The first-order chi connectivity index (χ1) is 10.2. The van der Waals surface area contributed by atoms with Gasteiger partial charge in [-0.05, 0) is 45.7 Å². The highest BCUT2D eigenvalue weighted by atomic mass is 16.6. The van der Waals surface area contributed by atoms with Crippen LogP contribution in [0.25, 0.3) is 0 Å². The van der Waals surface area contributed by atoms with Crippen molar-refractivity contribution < 1.29 is 14.6 Å². The second-order valence-corrected chi connectivity index (χ2v) is 6.88. The summed E-state index contributed by atoms with van der Waals surface area (Å²) in [4.78, 5) is 17.9. The number of nitrogens with zero attached hydrogens (tertiary/aromatic N) is 2. The fourth-order valence-electron chi connectivity index (χ4n) is 2.45. The minimum absolute atomic E-state index is 0.249. The van der Waals surface area contributed by atoms with E-state index in [2.05, 4.69) is 10.3 Å². The van der Waals surface area contributed by atoms with Crippen molar-refractivity contribution in [3.63, 3.8) is 0 Å². The molecule has 1 aliphatic heterocycles. The van der Waals surface area contributed by atoms with Crippen molar-refractivity contribution >= 4 is 11.9 Å². The Morgan fingerprint density at radius 3 is 2.68 bits per heavy atom. The van der Waals surface area contributed by atoms with Gasteiger partial charge in [0.25, 0.3) is 0 Å². The zero-order chi connectivity index (χ0) is 16.5. The molecule has 6 nitrogen and oxygen atoms in total. The van der Waals surface area contributed by atoms with Crippen LogP contribution in [0.15, 0.2) is 12.3 Å². The molecule has 1 fully saturated rings. The van der Waals surface area contributed by atoms with Crippen molar-refractivity contribution in [1.82, 2.24) is 9.88 Å². The van der Waals surface area contributed by atoms with Crippen LogP contribution in [0.1, 0.15) is 31.9 Å². The molecule has 2 atom stereocenters. The highest BCUT2D eigenvalue weighted by Gasteiger charge is 2.36. The van der Waals surface area contributed by atoms with Gasteiger partial charge < -0.3 is 20.1 Å². The standard InChI is InChI=1S/C16H25N3O3/c1-10-6-11(2)14(17-7-10)18-12-8-19(9-13(12)20)15(21)22-16(3,4)5/h6-7,12-13,20H,8-9H2,1-5H3,(H,17,18)/t12-,13-/m1/s1. The van der Waals surface area contributed by atoms with Gasteiger partial charge in [0.2, 0.25) is 0 Å². The largest absolute Gasteiger partial charge is 0.444 e. The Morgan fingerprint density at radius 2 is 2.09 bits per heavy atom. The molecular formula is C16H25N3O3. The lowest BCUT2D eigenvalue weighted by Gasteiger charge is -2.24. The van der Waals surface area contributed by atoms with Crippen molar-refractivity contribution in [2.45, 2.75) is 52.4 Å². The van der Waals surface area contributed by atoms with E-state index in [1.807, 2.05) is 40.7 Å². The zero-order valence-electron chi connectivity index (χ0n) is 13.9. The molecule has 0 bridgehead atoms. The third-order valence-electron chi connectivity index (χ3n) is 3.48. The summed E-state index contributed by atoms with van der Waals surface area (Å²) < 4.78 is 5.34. The van der Waals surface area contributed by atoms with Crippen LogP contribution in [0.4, 0.5) is 10.6 Å². The average molecular weight is 307 g/mol. The van der Waals surface area contributed by atoms with Crippen LogP contribution in [-0.4, -0.2) is 51.9 Å². The fourth-order valence-corrected chi connectivity index (χ4v) is 2.45. The third kappa shape index (κ3) is 4.10. The first-order valence-corrected chi connectivity index (χ1v) is 7.51. The Kier molecular flexibility index (Phi) is 4.60. The Labute approximate surface area is 131 Å². The summed E-state index contributed by atoms with van der Waals surface area (Å²) in [5.74, 6) is 0.737. The van der Waals surface area contributed by atoms with E-state index in [4.69, 9.17) is 4.74 Å². The molecule has 2 heterocycles. The quantitative estimate of drug-likeness (QED) is 0.875. The number of anilines is 1. The van der Waals surface area contributed by atoms with E-state index >= 15 is 0 Å². The number of rotatable bonds is 2. The molecule has 0 radical (unpaired) electrons. The second-order valence-electron chi connectivity index (χ2n) is 6.88. The molecule has 2 rings (SSSR count). The zero-order valence-corrected chi connectivity index (χ0v) is 13.9. The fraction of sp³-hybridized carbons (Fsp3) is 0.625. The van der Waals surface area contributed by atoms with Crippen molar-refractivity contribution in [2.75, 3.05) is 18.4 Å². The summed E-state index contributed by atoms with van der Waals surface area (Å²) in [6.45, 7) is 10.1. The number of aryl methyl sites for hydroxylation is 2. The summed E-state index contributed by atoms with van der Waals surface area (Å²) in [6.07, 6.45) is 0.738. The third-order valence-corrected chi connectivity index (χ3v) is 3.48. The van der Waals surface area contributed by atoms with E-state index in [0.717, 1.165) is 16.9 Å². The highest BCUT2D eigenvalue weighted by Crippen LogP contribution is 2.20. The number of likely N-dealkylation sites (tertiary alicyclic amines) is 1. The molecule has 1 aromatic rings. The molecule has 22 heavy (non-hydrogen) atoms. The van der Waals surface area contributed by atoms with Crippen LogP contribution in [0.3, 0.4) is 0 Å². The van der Waals surface area contributed by atoms with Gasteiger partial charge in [0, 0.05) is 12.7 Å². The molecule has 1 aliphatic rings. The van der Waals surface area contributed by atoms with Gasteiger partial charge >= 0.3 is 6.09 Å². The number of carbonyl (C=O) groups is 1. The number of ether oxygens (including phenoxy) is 1. The summed E-state index contributed by atoms with van der Waals surface area (Å²) in [5.41, 5.74) is 1.57. The Hall–Kier alpha value is -1.82. The number of aliphatic hydroxyl groups excluding tert-OH is 1. The number of amides is 1. The number of nitrogens with one attached hydrogen (secondary N) is 1. The highest BCUT2D eigenvalue weighted by molar-refractivity contribution is 5.69. The molecule has 122 valence electrons. The van der Waals surface area contributed by atoms with E-state index in [0.29, 0.717) is 6.54 Å². The molecule has 0 spiro atoms. The number of aliphatic hydroxyl groups is 1. The monoisotopic (exact) mass is 307 g/mol. The number of pyridine rings is 1. The molecule has 1 amide bonds. The van der Waals surface area contributed by atoms with Crippen LogP contribution in [0.5, 0.6) is 0 Å². The van der Waals surface area contributed by atoms with Crippen molar-refractivity contribution in [2.24, 2.45) is 0 Å². The molecule has 2 N–H and O–H groups in total. The van der Waals surface area contributed by atoms with Gasteiger partial charge in [0.1, 0.15) is 11.4 Å². The van der Waals surface area contributed by atoms with Crippen molar-refractivity contribution in [3.8, 4) is 0 Å². The van der Waals surface area contributed by atoms with Crippen molar-refractivity contribution in [1.29, 1.82) is 0 Å². The number of carbonyl (C=O) groups excluding carboxylic acids is 1. The van der Waals surface area contributed by atoms with Crippen LogP contribution in [0, 0.1) is 13.8 Å². The molecular weight excluding hydrogens is 282 g/mol. The predicted molar refractivity (Wildman–Crippen MR) is 84.9 cm³/mol. The first-order valence-electron chi connectivity index (χ1n) is 7.51. The van der Waals surface area contributed by atoms with Gasteiger partial charge in [-0.25, -0.2) is 9.78 Å². The predicted octanol–water partition coefficient (Wildman–Crippen LogP) is 2.09. The number of hydrogen-bond acceptors (Lipinski definition) is 5. The number of aromatic nitrogens is 1. The van der Waals surface area contributed by atoms with Gasteiger partial charge in [0.05, 0.1) is 18.7 Å². The summed E-state index contributed by atoms with van der Waals surface area (Å²) >= 11 is 0. The van der Waals surface area contributed by atoms with Crippen LogP contribution < -0.4 is 5.32 Å². The minimum Gasteiger partial charge on any atom is -0.444 e. The summed E-state index contributed by atoms with van der Waals surface area (Å²) in [6, 6.07) is 1.78. The van der Waals surface area contributed by atoms with Gasteiger partial charge in [0.15, 0.2) is 0 Å². The average Bonchev–Trinajstić information content (AvgIpc) is 2.72. The van der Waals surface area contributed by atoms with E-state index in [1.165, 1.54) is 4.90 Å². The van der Waals surface area contributed by atoms with Gasteiger partial charge in [-0.2, -0.15) is 0 Å². The van der Waals surface area contributed by atoms with Gasteiger partial charge in [-0.1, -0.05) is 6.07 Å². The Balaban J connectivity index is 2.00.